The number of nitrogens with zero attached hydrogens (tertiary/aromatic N) is 2. The second kappa shape index (κ2) is 6.19. The van der Waals surface area contributed by atoms with E-state index in [1.807, 2.05) is 6.92 Å². The Hall–Kier alpha value is -1.66. The van der Waals surface area contributed by atoms with Crippen molar-refractivity contribution in [1.82, 2.24) is 4.98 Å². The lowest BCUT2D eigenvalue weighted by Crippen LogP contribution is -2.51. The van der Waals surface area contributed by atoms with Crippen LogP contribution in [0.1, 0.15) is 22.5 Å². The minimum absolute atomic E-state index is 0.0207. The zero-order chi connectivity index (χ0) is 14.7. The normalized spacial score (nSPS) is 22.7. The van der Waals surface area contributed by atoms with Crippen LogP contribution in [0.5, 0.6) is 0 Å². The smallest absolute Gasteiger partial charge is 0.338 e. The number of hydrogen-bond acceptors (Lipinski definition) is 6. The third-order valence-electron chi connectivity index (χ3n) is 3.60. The molecule has 2 rings (SSSR count). The minimum atomic E-state index is -0.353. The van der Waals surface area contributed by atoms with E-state index in [1.54, 1.807) is 19.2 Å². The van der Waals surface area contributed by atoms with Crippen molar-refractivity contribution < 1.29 is 14.3 Å². The van der Waals surface area contributed by atoms with Crippen molar-refractivity contribution in [2.24, 2.45) is 5.73 Å². The Kier molecular flexibility index (Phi) is 4.57. The highest BCUT2D eigenvalue weighted by atomic mass is 16.5. The van der Waals surface area contributed by atoms with Gasteiger partial charge in [0.05, 0.1) is 18.8 Å². The summed E-state index contributed by atoms with van der Waals surface area (Å²) in [7, 11) is 3.04. The van der Waals surface area contributed by atoms with E-state index in [4.69, 9.17) is 15.2 Å². The van der Waals surface area contributed by atoms with Crippen LogP contribution in [0, 0.1) is 6.92 Å². The molecule has 1 aliphatic rings. The van der Waals surface area contributed by atoms with Crippen LogP contribution in [0.15, 0.2) is 12.1 Å². The molecule has 6 nitrogen and oxygen atoms in total. The number of esters is 1. The quantitative estimate of drug-likeness (QED) is 0.822. The molecule has 0 aliphatic carbocycles. The Bertz CT molecular complexity index is 493. The van der Waals surface area contributed by atoms with Gasteiger partial charge in [-0.15, -0.1) is 0 Å². The average Bonchev–Trinajstić information content (AvgIpc) is 2.46. The van der Waals surface area contributed by atoms with Crippen LogP contribution in [-0.4, -0.2) is 50.4 Å². The summed E-state index contributed by atoms with van der Waals surface area (Å²) in [4.78, 5) is 18.2. The van der Waals surface area contributed by atoms with Crippen molar-refractivity contribution >= 4 is 11.8 Å². The number of nitrogens with two attached hydrogens (primary N) is 1. The maximum atomic E-state index is 11.7. The van der Waals surface area contributed by atoms with E-state index in [9.17, 15) is 4.79 Å². The number of anilines is 1. The highest BCUT2D eigenvalue weighted by molar-refractivity contribution is 5.90. The maximum absolute atomic E-state index is 11.7. The van der Waals surface area contributed by atoms with Gasteiger partial charge in [0.15, 0.2) is 0 Å². The van der Waals surface area contributed by atoms with Gasteiger partial charge in [0.25, 0.3) is 0 Å². The van der Waals surface area contributed by atoms with Gasteiger partial charge < -0.3 is 20.1 Å². The van der Waals surface area contributed by atoms with Crippen LogP contribution in [0.3, 0.4) is 0 Å². The highest BCUT2D eigenvalue weighted by Gasteiger charge is 2.27. The number of ether oxygens (including phenoxy) is 2. The van der Waals surface area contributed by atoms with Crippen molar-refractivity contribution in [1.29, 1.82) is 0 Å². The fraction of sp³-hybridized carbons (Fsp3) is 0.571. The Morgan fingerprint density at radius 3 is 2.85 bits per heavy atom. The molecule has 0 radical (unpaired) electrons. The van der Waals surface area contributed by atoms with Crippen LogP contribution >= 0.6 is 0 Å². The number of carbonyl (C=O) groups excluding carboxylic acids is 1. The monoisotopic (exact) mass is 279 g/mol. The molecule has 0 spiro atoms. The second-order valence-corrected chi connectivity index (χ2v) is 5.02. The predicted octanol–water partition coefficient (Wildman–Crippen LogP) is 0.729. The number of aromatic nitrogens is 1. The molecule has 0 bridgehead atoms. The van der Waals surface area contributed by atoms with Gasteiger partial charge in [-0.1, -0.05) is 0 Å². The Balaban J connectivity index is 2.24. The van der Waals surface area contributed by atoms with Gasteiger partial charge in [-0.25, -0.2) is 9.78 Å². The molecule has 2 heterocycles. The van der Waals surface area contributed by atoms with Crippen LogP contribution in [0.2, 0.25) is 0 Å². The van der Waals surface area contributed by atoms with Crippen molar-refractivity contribution in [3.63, 3.8) is 0 Å². The summed E-state index contributed by atoms with van der Waals surface area (Å²) in [6.07, 6.45) is 0.814. The second-order valence-electron chi connectivity index (χ2n) is 5.02. The summed E-state index contributed by atoms with van der Waals surface area (Å²) in [6.45, 7) is 3.34. The first-order valence-corrected chi connectivity index (χ1v) is 6.65. The summed E-state index contributed by atoms with van der Waals surface area (Å²) >= 11 is 0. The largest absolute Gasteiger partial charge is 0.465 e. The van der Waals surface area contributed by atoms with Crippen molar-refractivity contribution in [3.8, 4) is 0 Å². The minimum Gasteiger partial charge on any atom is -0.465 e. The first kappa shape index (κ1) is 14.7. The van der Waals surface area contributed by atoms with Crippen molar-refractivity contribution in [2.45, 2.75) is 25.5 Å². The fourth-order valence-corrected chi connectivity index (χ4v) is 2.44. The van der Waals surface area contributed by atoms with E-state index >= 15 is 0 Å². The van der Waals surface area contributed by atoms with Gasteiger partial charge in [-0.2, -0.15) is 0 Å². The SMILES string of the molecule is COC(=O)c1cc(C)nc(N2CC[C@H](N)[C@H](OC)C2)c1. The van der Waals surface area contributed by atoms with Gasteiger partial charge in [0.1, 0.15) is 5.82 Å². The van der Waals surface area contributed by atoms with Crippen LogP contribution in [0.4, 0.5) is 5.82 Å². The zero-order valence-corrected chi connectivity index (χ0v) is 12.1. The van der Waals surface area contributed by atoms with E-state index in [0.717, 1.165) is 24.5 Å². The first-order chi connectivity index (χ1) is 9.55. The third-order valence-corrected chi connectivity index (χ3v) is 3.60. The number of aryl methyl sites for hydroxylation is 1. The topological polar surface area (TPSA) is 77.7 Å². The van der Waals surface area contributed by atoms with E-state index in [1.165, 1.54) is 7.11 Å². The predicted molar refractivity (Wildman–Crippen MR) is 75.9 cm³/mol. The molecule has 0 aromatic carbocycles. The molecule has 1 aliphatic heterocycles. The molecule has 6 heteroatoms. The molecule has 0 unspecified atom stereocenters. The molecule has 110 valence electrons. The summed E-state index contributed by atoms with van der Waals surface area (Å²) in [5.41, 5.74) is 7.31. The van der Waals surface area contributed by atoms with Gasteiger partial charge in [-0.3, -0.25) is 0 Å². The summed E-state index contributed by atoms with van der Waals surface area (Å²) in [6, 6.07) is 3.52. The van der Waals surface area contributed by atoms with Crippen LogP contribution in [-0.2, 0) is 9.47 Å². The lowest BCUT2D eigenvalue weighted by atomic mass is 10.0. The van der Waals surface area contributed by atoms with Gasteiger partial charge in [0, 0.05) is 31.9 Å². The molecule has 1 saturated heterocycles. The summed E-state index contributed by atoms with van der Waals surface area (Å²) < 4.78 is 10.2. The van der Waals surface area contributed by atoms with Crippen molar-refractivity contribution in [2.75, 3.05) is 32.2 Å². The van der Waals surface area contributed by atoms with E-state index in [-0.39, 0.29) is 18.1 Å². The molecule has 2 N–H and O–H groups in total. The van der Waals surface area contributed by atoms with E-state index < -0.39 is 0 Å². The number of carbonyl (C=O) groups is 1. The summed E-state index contributed by atoms with van der Waals surface area (Å²) in [5, 5.41) is 0. The van der Waals surface area contributed by atoms with Crippen LogP contribution in [0.25, 0.3) is 0 Å². The average molecular weight is 279 g/mol. The molecule has 0 amide bonds. The Morgan fingerprint density at radius 2 is 2.20 bits per heavy atom. The number of piperidine rings is 1. The summed E-state index contributed by atoms with van der Waals surface area (Å²) in [5.74, 6) is 0.410. The highest BCUT2D eigenvalue weighted by Crippen LogP contribution is 2.21. The number of methoxy groups -OCH3 is 2. The molecule has 20 heavy (non-hydrogen) atoms. The molecule has 0 saturated carbocycles. The van der Waals surface area contributed by atoms with Gasteiger partial charge in [-0.05, 0) is 25.5 Å². The van der Waals surface area contributed by atoms with Gasteiger partial charge >= 0.3 is 5.97 Å². The number of pyridine rings is 1. The lowest BCUT2D eigenvalue weighted by Gasteiger charge is -2.36. The fourth-order valence-electron chi connectivity index (χ4n) is 2.44. The van der Waals surface area contributed by atoms with E-state index in [0.29, 0.717) is 12.1 Å². The van der Waals surface area contributed by atoms with E-state index in [2.05, 4.69) is 9.88 Å². The molecule has 1 aromatic heterocycles. The Morgan fingerprint density at radius 1 is 1.45 bits per heavy atom. The lowest BCUT2D eigenvalue weighted by molar-refractivity contribution is 0.0600. The molecular formula is C14H21N3O3. The van der Waals surface area contributed by atoms with Crippen LogP contribution < -0.4 is 10.6 Å². The first-order valence-electron chi connectivity index (χ1n) is 6.65. The standard InChI is InChI=1S/C14H21N3O3/c1-9-6-10(14(18)20-3)7-13(16-9)17-5-4-11(15)12(8-17)19-2/h6-7,11-12H,4-5,8,15H2,1-3H3/t11-,12+/m0/s1. The zero-order valence-electron chi connectivity index (χ0n) is 12.1. The van der Waals surface area contributed by atoms with Gasteiger partial charge in [0.2, 0.25) is 0 Å². The Labute approximate surface area is 118 Å². The molecule has 2 atom stereocenters. The number of hydrogen-bond donors (Lipinski definition) is 1. The molecule has 1 aromatic rings. The molecule has 1 fully saturated rings. The molecular weight excluding hydrogens is 258 g/mol. The number of rotatable bonds is 3. The van der Waals surface area contributed by atoms with Crippen molar-refractivity contribution in [3.05, 3.63) is 23.4 Å². The third kappa shape index (κ3) is 3.08. The maximum Gasteiger partial charge on any atom is 0.338 e.